The van der Waals surface area contributed by atoms with E-state index < -0.39 is 20.6 Å². The number of nitrogens with one attached hydrogen (secondary N) is 4. The van der Waals surface area contributed by atoms with Crippen LogP contribution in [-0.4, -0.2) is 25.0 Å². The number of anilines is 2. The van der Waals surface area contributed by atoms with Crippen molar-refractivity contribution in [1.82, 2.24) is 10.7 Å². The van der Waals surface area contributed by atoms with Crippen molar-refractivity contribution in [3.63, 3.8) is 0 Å². The summed E-state index contributed by atoms with van der Waals surface area (Å²) in [5.41, 5.74) is 5.87. The summed E-state index contributed by atoms with van der Waals surface area (Å²) in [6, 6.07) is 9.54. The maximum atomic E-state index is 12.6. The minimum absolute atomic E-state index is 0.0381. The van der Waals surface area contributed by atoms with E-state index in [0.29, 0.717) is 11.6 Å². The molecule has 0 saturated heterocycles. The minimum atomic E-state index is -4.06. The molecule has 0 fully saturated rings. The molecule has 2 rings (SSSR count). The number of nitrogens with zero attached hydrogens (tertiary/aromatic N) is 1. The van der Waals surface area contributed by atoms with Gasteiger partial charge in [0.05, 0.1) is 15.5 Å². The standard InChI is InChI=1S/C17H18ClN5O4S2/c1-11(2)10-19-17(28)21-20-15-7-6-14(9-16(15)23(24)25)29(26,27)22-13-5-3-4-12(18)8-13/h3-9,20,22H,1,10H2,2H3,(H2,19,21,28). The molecule has 0 aromatic heterocycles. The van der Waals surface area contributed by atoms with Gasteiger partial charge in [-0.25, -0.2) is 8.42 Å². The van der Waals surface area contributed by atoms with E-state index in [9.17, 15) is 18.5 Å². The lowest BCUT2D eigenvalue weighted by Gasteiger charge is -2.13. The zero-order chi connectivity index (χ0) is 21.6. The van der Waals surface area contributed by atoms with E-state index >= 15 is 0 Å². The lowest BCUT2D eigenvalue weighted by atomic mass is 10.3. The first-order chi connectivity index (χ1) is 13.6. The fourth-order valence-corrected chi connectivity index (χ4v) is 3.48. The number of hydrogen-bond acceptors (Lipinski definition) is 6. The number of nitro benzene ring substituents is 1. The predicted molar refractivity (Wildman–Crippen MR) is 118 cm³/mol. The summed E-state index contributed by atoms with van der Waals surface area (Å²) in [6.45, 7) is 5.96. The molecule has 0 atom stereocenters. The van der Waals surface area contributed by atoms with Crippen LogP contribution in [0.15, 0.2) is 59.5 Å². The van der Waals surface area contributed by atoms with Crippen molar-refractivity contribution in [2.24, 2.45) is 0 Å². The first-order valence-corrected chi connectivity index (χ1v) is 10.4. The van der Waals surface area contributed by atoms with Gasteiger partial charge in [-0.3, -0.25) is 25.7 Å². The van der Waals surface area contributed by atoms with E-state index in [1.807, 2.05) is 6.92 Å². The smallest absolute Gasteiger partial charge is 0.295 e. The van der Waals surface area contributed by atoms with Crippen LogP contribution >= 0.6 is 23.8 Å². The first kappa shape index (κ1) is 22.4. The summed E-state index contributed by atoms with van der Waals surface area (Å²) in [5.74, 6) is 0. The molecule has 2 aromatic rings. The molecular weight excluding hydrogens is 438 g/mol. The van der Waals surface area contributed by atoms with Gasteiger partial charge in [-0.1, -0.05) is 29.8 Å². The third-order valence-corrected chi connectivity index (χ3v) is 5.27. The summed E-state index contributed by atoms with van der Waals surface area (Å²) in [7, 11) is -4.06. The van der Waals surface area contributed by atoms with Gasteiger partial charge in [-0.2, -0.15) is 0 Å². The number of thiocarbonyl (C=S) groups is 1. The van der Waals surface area contributed by atoms with Gasteiger partial charge < -0.3 is 5.32 Å². The average Bonchev–Trinajstić information content (AvgIpc) is 2.64. The highest BCUT2D eigenvalue weighted by molar-refractivity contribution is 7.92. The van der Waals surface area contributed by atoms with Crippen molar-refractivity contribution in [1.29, 1.82) is 0 Å². The van der Waals surface area contributed by atoms with Gasteiger partial charge in [0.2, 0.25) is 0 Å². The van der Waals surface area contributed by atoms with Crippen LogP contribution in [0.3, 0.4) is 0 Å². The molecule has 0 amide bonds. The van der Waals surface area contributed by atoms with Crippen molar-refractivity contribution in [2.45, 2.75) is 11.8 Å². The van der Waals surface area contributed by atoms with Crippen LogP contribution in [0.4, 0.5) is 17.1 Å². The molecular formula is C17H18ClN5O4S2. The summed E-state index contributed by atoms with van der Waals surface area (Å²) in [5, 5.41) is 14.8. The Morgan fingerprint density at radius 2 is 2.00 bits per heavy atom. The molecule has 0 unspecified atom stereocenters. The summed E-state index contributed by atoms with van der Waals surface area (Å²) >= 11 is 10.9. The van der Waals surface area contributed by atoms with E-state index in [2.05, 4.69) is 27.5 Å². The Morgan fingerprint density at radius 3 is 2.62 bits per heavy atom. The van der Waals surface area contributed by atoms with Crippen molar-refractivity contribution in [3.8, 4) is 0 Å². The maximum Gasteiger partial charge on any atom is 0.295 e. The summed E-state index contributed by atoms with van der Waals surface area (Å²) < 4.78 is 27.5. The highest BCUT2D eigenvalue weighted by Gasteiger charge is 2.22. The Balaban J connectivity index is 2.21. The monoisotopic (exact) mass is 455 g/mol. The molecule has 0 aliphatic rings. The molecule has 4 N–H and O–H groups in total. The van der Waals surface area contributed by atoms with Crippen LogP contribution in [0.2, 0.25) is 5.02 Å². The van der Waals surface area contributed by atoms with E-state index in [0.717, 1.165) is 11.6 Å². The number of halogens is 1. The van der Waals surface area contributed by atoms with Crippen molar-refractivity contribution >= 4 is 56.0 Å². The lowest BCUT2D eigenvalue weighted by Crippen LogP contribution is -2.39. The molecule has 2 aromatic carbocycles. The first-order valence-electron chi connectivity index (χ1n) is 8.09. The molecule has 0 radical (unpaired) electrons. The van der Waals surface area contributed by atoms with E-state index in [-0.39, 0.29) is 21.4 Å². The molecule has 9 nitrogen and oxygen atoms in total. The summed E-state index contributed by atoms with van der Waals surface area (Å²) in [4.78, 5) is 10.4. The quantitative estimate of drug-likeness (QED) is 0.206. The van der Waals surface area contributed by atoms with Crippen molar-refractivity contribution in [3.05, 3.63) is 69.8 Å². The van der Waals surface area contributed by atoms with Gasteiger partial charge >= 0.3 is 0 Å². The van der Waals surface area contributed by atoms with E-state index in [4.69, 9.17) is 23.8 Å². The van der Waals surface area contributed by atoms with Gasteiger partial charge in [0.15, 0.2) is 5.11 Å². The van der Waals surface area contributed by atoms with Gasteiger partial charge in [-0.05, 0) is 49.5 Å². The Bertz CT molecular complexity index is 1060. The van der Waals surface area contributed by atoms with Crippen molar-refractivity contribution < 1.29 is 13.3 Å². The highest BCUT2D eigenvalue weighted by Crippen LogP contribution is 2.28. The van der Waals surface area contributed by atoms with E-state index in [1.54, 1.807) is 12.1 Å². The number of hydrazine groups is 1. The fourth-order valence-electron chi connectivity index (χ4n) is 2.10. The van der Waals surface area contributed by atoms with Gasteiger partial charge in [0.1, 0.15) is 5.69 Å². The zero-order valence-electron chi connectivity index (χ0n) is 15.2. The molecule has 0 heterocycles. The van der Waals surface area contributed by atoms with Crippen LogP contribution < -0.4 is 20.9 Å². The number of benzene rings is 2. The Labute approximate surface area is 178 Å². The van der Waals surface area contributed by atoms with Crippen molar-refractivity contribution in [2.75, 3.05) is 16.7 Å². The SMILES string of the molecule is C=C(C)CNC(=S)NNc1ccc(S(=O)(=O)Nc2cccc(Cl)c2)cc1[N+](=O)[O-]. The third kappa shape index (κ3) is 6.59. The highest BCUT2D eigenvalue weighted by atomic mass is 35.5. The molecule has 0 bridgehead atoms. The largest absolute Gasteiger partial charge is 0.358 e. The zero-order valence-corrected chi connectivity index (χ0v) is 17.6. The molecule has 29 heavy (non-hydrogen) atoms. The van der Waals surface area contributed by atoms with Crippen LogP contribution in [0.25, 0.3) is 0 Å². The average molecular weight is 456 g/mol. The van der Waals surface area contributed by atoms with Gasteiger partial charge in [0, 0.05) is 17.6 Å². The Morgan fingerprint density at radius 1 is 1.28 bits per heavy atom. The predicted octanol–water partition coefficient (Wildman–Crippen LogP) is 3.42. The molecule has 154 valence electrons. The summed E-state index contributed by atoms with van der Waals surface area (Å²) in [6.07, 6.45) is 0. The van der Waals surface area contributed by atoms with E-state index in [1.165, 1.54) is 24.3 Å². The number of sulfonamides is 1. The Hall–Kier alpha value is -2.89. The van der Waals surface area contributed by atoms with Crippen LogP contribution in [-0.2, 0) is 10.0 Å². The number of nitro groups is 1. The van der Waals surface area contributed by atoms with Crippen LogP contribution in [0.5, 0.6) is 0 Å². The Kier molecular flexibility index (Phi) is 7.37. The number of hydrogen-bond donors (Lipinski definition) is 4. The topological polar surface area (TPSA) is 125 Å². The minimum Gasteiger partial charge on any atom is -0.358 e. The van der Waals surface area contributed by atoms with Crippen LogP contribution in [0, 0.1) is 10.1 Å². The molecule has 0 aliphatic heterocycles. The second-order valence-corrected chi connectivity index (χ2v) is 8.47. The number of rotatable bonds is 8. The lowest BCUT2D eigenvalue weighted by molar-refractivity contribution is -0.384. The maximum absolute atomic E-state index is 12.6. The second-order valence-electron chi connectivity index (χ2n) is 5.94. The molecule has 12 heteroatoms. The van der Waals surface area contributed by atoms with Gasteiger partial charge in [-0.15, -0.1) is 0 Å². The van der Waals surface area contributed by atoms with Gasteiger partial charge in [0.25, 0.3) is 15.7 Å². The third-order valence-electron chi connectivity index (χ3n) is 3.41. The fraction of sp³-hybridized carbons (Fsp3) is 0.118. The van der Waals surface area contributed by atoms with Crippen LogP contribution in [0.1, 0.15) is 6.92 Å². The molecule has 0 aliphatic carbocycles. The molecule has 0 saturated carbocycles. The normalized spacial score (nSPS) is 10.7. The molecule has 0 spiro atoms. The second kappa shape index (κ2) is 9.54.